The molecule has 2 N–H and O–H groups in total. The molecule has 4 heteroatoms. The van der Waals surface area contributed by atoms with Gasteiger partial charge in [-0.1, -0.05) is 0 Å². The Labute approximate surface area is 82.4 Å². The van der Waals surface area contributed by atoms with Gasteiger partial charge < -0.3 is 10.3 Å². The summed E-state index contributed by atoms with van der Waals surface area (Å²) < 4.78 is 0. The first-order valence-electron chi connectivity index (χ1n) is 4.49. The van der Waals surface area contributed by atoms with Crippen LogP contribution in [0.15, 0.2) is 30.7 Å². The molecule has 0 saturated carbocycles. The van der Waals surface area contributed by atoms with Crippen LogP contribution in [0.25, 0.3) is 0 Å². The smallest absolute Gasteiger partial charge is 0.200 e. The summed E-state index contributed by atoms with van der Waals surface area (Å²) in [5.41, 5.74) is 2.33. The summed E-state index contributed by atoms with van der Waals surface area (Å²) in [4.78, 5) is 11.3. The normalized spacial score (nSPS) is 10.1. The highest BCUT2D eigenvalue weighted by Gasteiger charge is 1.99. The monoisotopic (exact) mass is 188 g/mol. The summed E-state index contributed by atoms with van der Waals surface area (Å²) in [7, 11) is 1.84. The number of rotatable bonds is 3. The zero-order chi connectivity index (χ0) is 9.80. The Bertz CT molecular complexity index is 394. The largest absolute Gasteiger partial charge is 0.359 e. The van der Waals surface area contributed by atoms with Crippen molar-refractivity contribution in [2.75, 3.05) is 12.4 Å². The second-order valence-electron chi connectivity index (χ2n) is 3.04. The van der Waals surface area contributed by atoms with Crippen molar-refractivity contribution in [1.82, 2.24) is 15.0 Å². The average molecular weight is 188 g/mol. The van der Waals surface area contributed by atoms with Gasteiger partial charge in [-0.25, -0.2) is 4.98 Å². The van der Waals surface area contributed by atoms with Crippen LogP contribution in [0.4, 0.5) is 5.95 Å². The molecule has 14 heavy (non-hydrogen) atoms. The SMILES string of the molecule is CNc1ncc(Cc2ccncc2)[nH]1. The molecular formula is C10H12N4. The predicted octanol–water partition coefficient (Wildman–Crippen LogP) is 1.44. The van der Waals surface area contributed by atoms with Crippen molar-refractivity contribution in [2.24, 2.45) is 0 Å². The highest BCUT2D eigenvalue weighted by Crippen LogP contribution is 2.07. The van der Waals surface area contributed by atoms with Crippen molar-refractivity contribution in [1.29, 1.82) is 0 Å². The van der Waals surface area contributed by atoms with Crippen LogP contribution >= 0.6 is 0 Å². The summed E-state index contributed by atoms with van der Waals surface area (Å²) in [6, 6.07) is 4.00. The van der Waals surface area contributed by atoms with Crippen molar-refractivity contribution in [2.45, 2.75) is 6.42 Å². The lowest BCUT2D eigenvalue weighted by molar-refractivity contribution is 1.09. The summed E-state index contributed by atoms with van der Waals surface area (Å²) in [6.45, 7) is 0. The number of pyridine rings is 1. The molecule has 0 saturated heterocycles. The Hall–Kier alpha value is -1.84. The van der Waals surface area contributed by atoms with Crippen molar-refractivity contribution >= 4 is 5.95 Å². The predicted molar refractivity (Wildman–Crippen MR) is 55.2 cm³/mol. The number of H-pyrrole nitrogens is 1. The molecule has 0 unspecified atom stereocenters. The molecule has 72 valence electrons. The molecule has 0 aliphatic heterocycles. The van der Waals surface area contributed by atoms with E-state index in [1.165, 1.54) is 5.56 Å². The van der Waals surface area contributed by atoms with Gasteiger partial charge in [0.15, 0.2) is 5.95 Å². The van der Waals surface area contributed by atoms with Gasteiger partial charge in [-0.2, -0.15) is 0 Å². The number of aromatic amines is 1. The zero-order valence-electron chi connectivity index (χ0n) is 7.99. The highest BCUT2D eigenvalue weighted by atomic mass is 15.1. The molecule has 2 aromatic rings. The van der Waals surface area contributed by atoms with Gasteiger partial charge in [-0.05, 0) is 17.7 Å². The number of anilines is 1. The topological polar surface area (TPSA) is 53.6 Å². The molecule has 0 spiro atoms. The molecular weight excluding hydrogens is 176 g/mol. The van der Waals surface area contributed by atoms with Gasteiger partial charge in [-0.15, -0.1) is 0 Å². The second kappa shape index (κ2) is 3.91. The molecule has 2 aromatic heterocycles. The Kier molecular flexibility index (Phi) is 2.44. The molecule has 0 atom stereocenters. The number of imidazole rings is 1. The molecule has 0 bridgehead atoms. The van der Waals surface area contributed by atoms with E-state index < -0.39 is 0 Å². The summed E-state index contributed by atoms with van der Waals surface area (Å²) in [5.74, 6) is 0.800. The maximum Gasteiger partial charge on any atom is 0.200 e. The summed E-state index contributed by atoms with van der Waals surface area (Å²) in [5, 5.41) is 2.95. The fraction of sp³-hybridized carbons (Fsp3) is 0.200. The van der Waals surface area contributed by atoms with Crippen LogP contribution in [0.3, 0.4) is 0 Å². The van der Waals surface area contributed by atoms with Crippen molar-refractivity contribution in [3.8, 4) is 0 Å². The van der Waals surface area contributed by atoms with Crippen LogP contribution in [0.5, 0.6) is 0 Å². The highest BCUT2D eigenvalue weighted by molar-refractivity contribution is 5.27. The molecule has 0 aromatic carbocycles. The van der Waals surface area contributed by atoms with E-state index in [-0.39, 0.29) is 0 Å². The molecule has 2 rings (SSSR count). The minimum Gasteiger partial charge on any atom is -0.359 e. The van der Waals surface area contributed by atoms with E-state index in [9.17, 15) is 0 Å². The Morgan fingerprint density at radius 3 is 2.79 bits per heavy atom. The lowest BCUT2D eigenvalue weighted by Crippen LogP contribution is -1.91. The van der Waals surface area contributed by atoms with Gasteiger partial charge >= 0.3 is 0 Å². The number of hydrogen-bond donors (Lipinski definition) is 2. The standard InChI is InChI=1S/C10H12N4/c1-11-10-13-7-9(14-10)6-8-2-4-12-5-3-8/h2-5,7H,6H2,1H3,(H2,11,13,14). The van der Waals surface area contributed by atoms with E-state index in [1.807, 2.05) is 25.4 Å². The summed E-state index contributed by atoms with van der Waals surface area (Å²) in [6.07, 6.45) is 6.29. The minimum absolute atomic E-state index is 0.800. The van der Waals surface area contributed by atoms with Crippen molar-refractivity contribution in [3.63, 3.8) is 0 Å². The quantitative estimate of drug-likeness (QED) is 0.766. The lowest BCUT2D eigenvalue weighted by Gasteiger charge is -1.96. The zero-order valence-corrected chi connectivity index (χ0v) is 7.99. The first-order chi connectivity index (χ1) is 6.88. The maximum atomic E-state index is 4.15. The van der Waals surface area contributed by atoms with E-state index in [4.69, 9.17) is 0 Å². The number of nitrogens with one attached hydrogen (secondary N) is 2. The van der Waals surface area contributed by atoms with Crippen LogP contribution in [0, 0.1) is 0 Å². The van der Waals surface area contributed by atoms with E-state index >= 15 is 0 Å². The average Bonchev–Trinajstić information content (AvgIpc) is 2.67. The van der Waals surface area contributed by atoms with Crippen LogP contribution in [0.1, 0.15) is 11.3 Å². The fourth-order valence-corrected chi connectivity index (χ4v) is 1.30. The minimum atomic E-state index is 0.800. The van der Waals surface area contributed by atoms with Crippen LogP contribution < -0.4 is 5.32 Å². The Morgan fingerprint density at radius 1 is 1.36 bits per heavy atom. The molecule has 4 nitrogen and oxygen atoms in total. The lowest BCUT2D eigenvalue weighted by atomic mass is 10.2. The maximum absolute atomic E-state index is 4.15. The molecule has 2 heterocycles. The third kappa shape index (κ3) is 1.90. The number of aromatic nitrogens is 3. The van der Waals surface area contributed by atoms with Crippen LogP contribution in [-0.4, -0.2) is 22.0 Å². The van der Waals surface area contributed by atoms with E-state index in [1.54, 1.807) is 12.4 Å². The number of hydrogen-bond acceptors (Lipinski definition) is 3. The van der Waals surface area contributed by atoms with Gasteiger partial charge in [0.1, 0.15) is 0 Å². The van der Waals surface area contributed by atoms with Crippen LogP contribution in [-0.2, 0) is 6.42 Å². The molecule has 0 aliphatic rings. The second-order valence-corrected chi connectivity index (χ2v) is 3.04. The van der Waals surface area contributed by atoms with Gasteiger partial charge in [-0.3, -0.25) is 4.98 Å². The van der Waals surface area contributed by atoms with Gasteiger partial charge in [0.25, 0.3) is 0 Å². The van der Waals surface area contributed by atoms with Crippen molar-refractivity contribution < 1.29 is 0 Å². The third-order valence-electron chi connectivity index (χ3n) is 2.01. The van der Waals surface area contributed by atoms with Gasteiger partial charge in [0, 0.05) is 31.6 Å². The van der Waals surface area contributed by atoms with E-state index in [0.29, 0.717) is 0 Å². The van der Waals surface area contributed by atoms with Gasteiger partial charge in [0.2, 0.25) is 0 Å². The van der Waals surface area contributed by atoms with Crippen molar-refractivity contribution in [3.05, 3.63) is 42.0 Å². The number of nitrogens with zero attached hydrogens (tertiary/aromatic N) is 2. The first kappa shape index (κ1) is 8.74. The van der Waals surface area contributed by atoms with Crippen LogP contribution in [0.2, 0.25) is 0 Å². The summed E-state index contributed by atoms with van der Waals surface area (Å²) >= 11 is 0. The first-order valence-corrected chi connectivity index (χ1v) is 4.49. The molecule has 0 aliphatic carbocycles. The molecule has 0 radical (unpaired) electrons. The third-order valence-corrected chi connectivity index (χ3v) is 2.01. The Balaban J connectivity index is 2.11. The molecule has 0 fully saturated rings. The van der Waals surface area contributed by atoms with E-state index in [2.05, 4.69) is 20.3 Å². The van der Waals surface area contributed by atoms with Gasteiger partial charge in [0.05, 0.1) is 6.20 Å². The van der Waals surface area contributed by atoms with E-state index in [0.717, 1.165) is 18.1 Å². The Morgan fingerprint density at radius 2 is 2.14 bits per heavy atom. The fourth-order valence-electron chi connectivity index (χ4n) is 1.30. The molecule has 0 amide bonds.